The maximum Gasteiger partial charge on any atom is 0.0854 e. The number of benzene rings is 2. The van der Waals surface area contributed by atoms with Gasteiger partial charge in [-0.1, -0.05) is 52.3 Å². The molecule has 4 aromatic rings. The fourth-order valence-corrected chi connectivity index (χ4v) is 5.27. The zero-order valence-electron chi connectivity index (χ0n) is 10.8. The number of nitrogens with zero attached hydrogens (tertiary/aromatic N) is 1. The van der Waals surface area contributed by atoms with Crippen molar-refractivity contribution in [3.05, 3.63) is 62.8 Å². The number of hydrogen-bond acceptors (Lipinski definition) is 2. The van der Waals surface area contributed by atoms with Gasteiger partial charge < -0.3 is 0 Å². The number of rotatable bonds is 1. The van der Waals surface area contributed by atoms with Crippen molar-refractivity contribution in [1.29, 1.82) is 0 Å². The Morgan fingerprint density at radius 3 is 2.57 bits per heavy atom. The Bertz CT molecular complexity index is 977. The molecule has 0 radical (unpaired) electrons. The van der Waals surface area contributed by atoms with Gasteiger partial charge in [0.25, 0.3) is 0 Å². The van der Waals surface area contributed by atoms with E-state index in [4.69, 9.17) is 4.98 Å². The molecule has 2 aromatic heterocycles. The summed E-state index contributed by atoms with van der Waals surface area (Å²) in [6.07, 6.45) is 2.00. The molecule has 0 amide bonds. The summed E-state index contributed by atoms with van der Waals surface area (Å²) in [6, 6.07) is 16.8. The maximum absolute atomic E-state index is 4.71. The Kier molecular flexibility index (Phi) is 3.47. The Morgan fingerprint density at radius 1 is 0.952 bits per heavy atom. The van der Waals surface area contributed by atoms with Crippen LogP contribution in [0.25, 0.3) is 31.4 Å². The topological polar surface area (TPSA) is 12.9 Å². The first-order valence-corrected chi connectivity index (χ1v) is 9.15. The van der Waals surface area contributed by atoms with Crippen molar-refractivity contribution in [2.24, 2.45) is 0 Å². The van der Waals surface area contributed by atoms with Gasteiger partial charge in [-0.2, -0.15) is 0 Å². The normalized spacial score (nSPS) is 11.3. The highest BCUT2D eigenvalue weighted by molar-refractivity contribution is 14.1. The summed E-state index contributed by atoms with van der Waals surface area (Å²) < 4.78 is 4.86. The molecule has 102 valence electrons. The van der Waals surface area contributed by atoms with Crippen LogP contribution in [0.3, 0.4) is 0 Å². The Balaban J connectivity index is 2.11. The van der Waals surface area contributed by atoms with E-state index in [1.807, 2.05) is 18.3 Å². The van der Waals surface area contributed by atoms with E-state index in [-0.39, 0.29) is 0 Å². The predicted molar refractivity (Wildman–Crippen MR) is 103 cm³/mol. The molecule has 0 N–H and O–H groups in total. The molecule has 4 heteroatoms. The van der Waals surface area contributed by atoms with E-state index in [1.165, 1.54) is 23.7 Å². The summed E-state index contributed by atoms with van der Waals surface area (Å²) in [6.45, 7) is 0. The zero-order valence-corrected chi connectivity index (χ0v) is 15.4. The van der Waals surface area contributed by atoms with Crippen molar-refractivity contribution in [2.45, 2.75) is 0 Å². The molecule has 0 unspecified atom stereocenters. The second-order valence-electron chi connectivity index (χ2n) is 4.74. The Labute approximate surface area is 148 Å². The first-order chi connectivity index (χ1) is 10.3. The molecule has 21 heavy (non-hydrogen) atoms. The number of hydrogen-bond donors (Lipinski definition) is 0. The van der Waals surface area contributed by atoms with Gasteiger partial charge in [-0.05, 0) is 34.7 Å². The Morgan fingerprint density at radius 2 is 1.71 bits per heavy atom. The molecule has 4 rings (SSSR count). The molecule has 0 bridgehead atoms. The minimum absolute atomic E-state index is 1.04. The summed E-state index contributed by atoms with van der Waals surface area (Å²) >= 11 is 7.86. The van der Waals surface area contributed by atoms with Crippen LogP contribution in [0.15, 0.2) is 59.2 Å². The smallest absolute Gasteiger partial charge is 0.0854 e. The van der Waals surface area contributed by atoms with Gasteiger partial charge in [-0.15, -0.1) is 11.3 Å². The first kappa shape index (κ1) is 13.7. The third kappa shape index (κ3) is 2.20. The van der Waals surface area contributed by atoms with Crippen molar-refractivity contribution in [3.8, 4) is 11.3 Å². The van der Waals surface area contributed by atoms with E-state index in [0.29, 0.717) is 0 Å². The summed E-state index contributed by atoms with van der Waals surface area (Å²) in [5.41, 5.74) is 2.18. The fourth-order valence-electron chi connectivity index (χ4n) is 2.52. The molecule has 0 aliphatic carbocycles. The fraction of sp³-hybridized carbons (Fsp3) is 0. The van der Waals surface area contributed by atoms with Crippen LogP contribution in [0.4, 0.5) is 0 Å². The highest BCUT2D eigenvalue weighted by Crippen LogP contribution is 2.40. The van der Waals surface area contributed by atoms with Gasteiger partial charge in [-0.3, -0.25) is 4.98 Å². The van der Waals surface area contributed by atoms with Gasteiger partial charge in [-0.25, -0.2) is 0 Å². The molecule has 0 saturated carbocycles. The summed E-state index contributed by atoms with van der Waals surface area (Å²) in [4.78, 5) is 4.71. The molecule has 0 spiro atoms. The van der Waals surface area contributed by atoms with Crippen molar-refractivity contribution in [3.63, 3.8) is 0 Å². The van der Waals surface area contributed by atoms with Crippen LogP contribution >= 0.6 is 49.9 Å². The second kappa shape index (κ2) is 5.34. The number of aromatic nitrogens is 1. The molecule has 2 heterocycles. The molecular weight excluding hydrogens is 457 g/mol. The SMILES string of the molecule is Brc1ccccc1-c1ncc2sc3ccccc3c2c1I. The van der Waals surface area contributed by atoms with Crippen LogP contribution in [0, 0.1) is 3.57 Å². The highest BCUT2D eigenvalue weighted by Gasteiger charge is 2.15. The van der Waals surface area contributed by atoms with Crippen molar-refractivity contribution >= 4 is 70.0 Å². The third-order valence-electron chi connectivity index (χ3n) is 3.49. The Hall–Kier alpha value is -0.980. The quantitative estimate of drug-likeness (QED) is 0.293. The van der Waals surface area contributed by atoms with Crippen LogP contribution in [0.5, 0.6) is 0 Å². The molecule has 0 aliphatic rings. The van der Waals surface area contributed by atoms with Gasteiger partial charge in [0, 0.05) is 35.3 Å². The molecule has 0 saturated heterocycles. The number of fused-ring (bicyclic) bond motifs is 3. The molecule has 0 atom stereocenters. The van der Waals surface area contributed by atoms with Crippen molar-refractivity contribution in [1.82, 2.24) is 4.98 Å². The average Bonchev–Trinajstić information content (AvgIpc) is 2.88. The van der Waals surface area contributed by atoms with Crippen LogP contribution < -0.4 is 0 Å². The van der Waals surface area contributed by atoms with Crippen molar-refractivity contribution in [2.75, 3.05) is 0 Å². The van der Waals surface area contributed by atoms with Gasteiger partial charge in [0.05, 0.1) is 10.4 Å². The predicted octanol–water partition coefficient (Wildman–Crippen LogP) is 6.48. The van der Waals surface area contributed by atoms with E-state index in [2.05, 4.69) is 74.9 Å². The molecular formula is C17H9BrINS. The number of thiophene rings is 1. The second-order valence-corrected chi connectivity index (χ2v) is 7.75. The van der Waals surface area contributed by atoms with E-state index >= 15 is 0 Å². The maximum atomic E-state index is 4.71. The van der Waals surface area contributed by atoms with Gasteiger partial charge in [0.15, 0.2) is 0 Å². The van der Waals surface area contributed by atoms with Crippen LogP contribution in [0.2, 0.25) is 0 Å². The lowest BCUT2D eigenvalue weighted by Crippen LogP contribution is -1.89. The van der Waals surface area contributed by atoms with Crippen LogP contribution in [-0.2, 0) is 0 Å². The minimum atomic E-state index is 1.04. The van der Waals surface area contributed by atoms with Gasteiger partial charge in [0.2, 0.25) is 0 Å². The summed E-state index contributed by atoms with van der Waals surface area (Å²) in [7, 11) is 0. The number of pyridine rings is 1. The molecule has 2 aromatic carbocycles. The summed E-state index contributed by atoms with van der Waals surface area (Å²) in [5.74, 6) is 0. The molecule has 0 aliphatic heterocycles. The van der Waals surface area contributed by atoms with E-state index < -0.39 is 0 Å². The van der Waals surface area contributed by atoms with E-state index in [0.717, 1.165) is 15.7 Å². The largest absolute Gasteiger partial charge is 0.254 e. The van der Waals surface area contributed by atoms with Gasteiger partial charge in [0.1, 0.15) is 0 Å². The molecule has 1 nitrogen and oxygen atoms in total. The van der Waals surface area contributed by atoms with Crippen LogP contribution in [0.1, 0.15) is 0 Å². The lowest BCUT2D eigenvalue weighted by Gasteiger charge is -2.07. The monoisotopic (exact) mass is 465 g/mol. The third-order valence-corrected chi connectivity index (χ3v) is 6.34. The summed E-state index contributed by atoms with van der Waals surface area (Å²) in [5, 5.41) is 2.63. The number of halogens is 2. The van der Waals surface area contributed by atoms with Crippen molar-refractivity contribution < 1.29 is 0 Å². The van der Waals surface area contributed by atoms with E-state index in [1.54, 1.807) is 11.3 Å². The lowest BCUT2D eigenvalue weighted by molar-refractivity contribution is 1.34. The van der Waals surface area contributed by atoms with Gasteiger partial charge >= 0.3 is 0 Å². The average molecular weight is 466 g/mol. The highest BCUT2D eigenvalue weighted by atomic mass is 127. The lowest BCUT2D eigenvalue weighted by atomic mass is 10.1. The van der Waals surface area contributed by atoms with E-state index in [9.17, 15) is 0 Å². The first-order valence-electron chi connectivity index (χ1n) is 6.46. The zero-order chi connectivity index (χ0) is 14.4. The minimum Gasteiger partial charge on any atom is -0.254 e. The van der Waals surface area contributed by atoms with Crippen LogP contribution in [-0.4, -0.2) is 4.98 Å². The standard InChI is InChI=1S/C17H9BrINS/c18-12-7-3-1-5-10(12)17-16(19)15-11-6-2-4-8-13(11)21-14(15)9-20-17/h1-9H. The molecule has 0 fully saturated rings.